The summed E-state index contributed by atoms with van der Waals surface area (Å²) in [5, 5.41) is 10.8. The minimum absolute atomic E-state index is 0.101. The van der Waals surface area contributed by atoms with E-state index in [0.29, 0.717) is 65.4 Å². The van der Waals surface area contributed by atoms with Gasteiger partial charge in [-0.05, 0) is 79.4 Å². The van der Waals surface area contributed by atoms with Crippen molar-refractivity contribution >= 4 is 17.3 Å². The van der Waals surface area contributed by atoms with Gasteiger partial charge >= 0.3 is 0 Å². The number of hydrogen-bond acceptors (Lipinski definition) is 11. The second kappa shape index (κ2) is 18.5. The predicted octanol–water partition coefficient (Wildman–Crippen LogP) is 8.56. The lowest BCUT2D eigenvalue weighted by molar-refractivity contribution is 0.0854. The van der Waals surface area contributed by atoms with Gasteiger partial charge < -0.3 is 48.6 Å². The van der Waals surface area contributed by atoms with Crippen molar-refractivity contribution in [2.45, 2.75) is 64.1 Å². The normalized spacial score (nSPS) is 15.8. The van der Waals surface area contributed by atoms with E-state index in [-0.39, 0.29) is 18.2 Å². The van der Waals surface area contributed by atoms with Crippen LogP contribution in [-0.4, -0.2) is 60.4 Å². The topological polar surface area (TPSA) is 127 Å². The maximum Gasteiger partial charge on any atom is 0.255 e. The Kier molecular flexibility index (Phi) is 13.1. The van der Waals surface area contributed by atoms with E-state index < -0.39 is 0 Å². The molecule has 292 valence electrons. The molecule has 4 aromatic carbocycles. The van der Waals surface area contributed by atoms with Crippen molar-refractivity contribution in [3.63, 3.8) is 0 Å². The minimum Gasteiger partial charge on any atom is -0.493 e. The van der Waals surface area contributed by atoms with Gasteiger partial charge in [-0.2, -0.15) is 0 Å². The Balaban J connectivity index is 0.900. The average molecular weight is 754 g/mol. The number of unbranched alkanes of at least 4 members (excludes halogenated alkanes) is 5. The van der Waals surface area contributed by atoms with Gasteiger partial charge in [-0.1, -0.05) is 54.6 Å². The molecule has 6 rings (SSSR count). The molecule has 0 bridgehead atoms. The number of nitrogens with zero attached hydrogens (tertiary/aromatic N) is 1. The van der Waals surface area contributed by atoms with Crippen LogP contribution < -0.4 is 43.8 Å². The largest absolute Gasteiger partial charge is 0.493 e. The molecule has 55 heavy (non-hydrogen) atoms. The van der Waals surface area contributed by atoms with E-state index in [1.54, 1.807) is 35.5 Å². The number of carbonyl (C=O) groups excluding carboxylic acids is 1. The van der Waals surface area contributed by atoms with Gasteiger partial charge in [0.2, 0.25) is 5.75 Å². The molecule has 0 radical (unpaired) electrons. The van der Waals surface area contributed by atoms with Crippen LogP contribution in [-0.2, 0) is 4.84 Å². The molecule has 4 aromatic rings. The minimum atomic E-state index is -0.360. The molecule has 0 fully saturated rings. The number of methoxy groups -OCH3 is 5. The number of carbonyl (C=O) groups is 1. The number of oxime groups is 1. The Morgan fingerprint density at radius 2 is 1.25 bits per heavy atom. The molecular weight excluding hydrogens is 702 g/mol. The zero-order valence-corrected chi connectivity index (χ0v) is 32.5. The van der Waals surface area contributed by atoms with Crippen molar-refractivity contribution in [1.82, 2.24) is 5.32 Å². The second-order valence-corrected chi connectivity index (χ2v) is 13.5. The summed E-state index contributed by atoms with van der Waals surface area (Å²) in [6.07, 6.45) is 6.17. The standard InChI is InChI=1S/C43H51N3O9/c1-27-13-16-32-31(21-27)43(47)45-42(44-32)29-15-18-35(37(23-29)49-3)53-19-11-9-7-8-10-12-20-54-38-22-28(14-17-34(38)48-2)36-26-33(46-55-36)30-24-39(50-4)41(52-6)40(25-30)51-5/h13-18,21-25,36,42,44H,7-12,19-20,26H2,1-6H3,(H,45,47). The molecule has 1 amide bonds. The number of aryl methyl sites for hydroxylation is 1. The van der Waals surface area contributed by atoms with E-state index in [9.17, 15) is 4.79 Å². The average Bonchev–Trinajstić information content (AvgIpc) is 3.71. The molecule has 2 aliphatic rings. The summed E-state index contributed by atoms with van der Waals surface area (Å²) >= 11 is 0. The predicted molar refractivity (Wildman–Crippen MR) is 211 cm³/mol. The van der Waals surface area contributed by atoms with E-state index in [2.05, 4.69) is 15.8 Å². The Morgan fingerprint density at radius 1 is 0.636 bits per heavy atom. The van der Waals surface area contributed by atoms with E-state index in [1.807, 2.05) is 73.7 Å². The van der Waals surface area contributed by atoms with Gasteiger partial charge in [0.1, 0.15) is 6.17 Å². The molecule has 2 N–H and O–H groups in total. The number of rotatable bonds is 19. The van der Waals surface area contributed by atoms with Gasteiger partial charge in [-0.3, -0.25) is 4.79 Å². The van der Waals surface area contributed by atoms with Crippen molar-refractivity contribution in [1.29, 1.82) is 0 Å². The number of amides is 1. The third kappa shape index (κ3) is 9.30. The SMILES string of the molecule is COc1cc(C2NC(=O)c3cc(C)ccc3N2)ccc1OCCCCCCCCOc1cc(C2CC(c3cc(OC)c(OC)c(OC)c3)=NO2)ccc1OC. The van der Waals surface area contributed by atoms with Crippen molar-refractivity contribution in [3.05, 3.63) is 94.5 Å². The summed E-state index contributed by atoms with van der Waals surface area (Å²) in [6, 6.07) is 21.2. The van der Waals surface area contributed by atoms with Crippen LogP contribution in [0.1, 0.15) is 89.8 Å². The van der Waals surface area contributed by atoms with Crippen LogP contribution in [0.5, 0.6) is 40.2 Å². The molecule has 0 spiro atoms. The van der Waals surface area contributed by atoms with E-state index >= 15 is 0 Å². The van der Waals surface area contributed by atoms with Gasteiger partial charge in [-0.25, -0.2) is 0 Å². The Morgan fingerprint density at radius 3 is 1.93 bits per heavy atom. The highest BCUT2D eigenvalue weighted by Gasteiger charge is 2.28. The lowest BCUT2D eigenvalue weighted by Gasteiger charge is -2.28. The Bertz CT molecular complexity index is 1960. The van der Waals surface area contributed by atoms with Gasteiger partial charge in [-0.15, -0.1) is 0 Å². The first kappa shape index (κ1) is 38.9. The summed E-state index contributed by atoms with van der Waals surface area (Å²) < 4.78 is 40.0. The highest BCUT2D eigenvalue weighted by atomic mass is 16.6. The molecule has 12 heteroatoms. The first-order chi connectivity index (χ1) is 26.8. The first-order valence-electron chi connectivity index (χ1n) is 18.7. The lowest BCUT2D eigenvalue weighted by Crippen LogP contribution is -2.38. The van der Waals surface area contributed by atoms with Gasteiger partial charge in [0.15, 0.2) is 40.6 Å². The van der Waals surface area contributed by atoms with Crippen LogP contribution in [0.25, 0.3) is 0 Å². The number of benzene rings is 4. The van der Waals surface area contributed by atoms with E-state index in [0.717, 1.165) is 72.2 Å². The number of ether oxygens (including phenoxy) is 7. The Hall–Kier alpha value is -5.78. The second-order valence-electron chi connectivity index (χ2n) is 13.5. The van der Waals surface area contributed by atoms with Crippen LogP contribution in [0, 0.1) is 6.92 Å². The van der Waals surface area contributed by atoms with Crippen molar-refractivity contribution in [2.24, 2.45) is 5.16 Å². The van der Waals surface area contributed by atoms with Crippen LogP contribution in [0.15, 0.2) is 71.9 Å². The maximum absolute atomic E-state index is 12.7. The first-order valence-corrected chi connectivity index (χ1v) is 18.7. The molecule has 2 unspecified atom stereocenters. The summed E-state index contributed by atoms with van der Waals surface area (Å²) in [7, 11) is 8.03. The number of fused-ring (bicyclic) bond motifs is 1. The molecule has 2 heterocycles. The van der Waals surface area contributed by atoms with Crippen LogP contribution >= 0.6 is 0 Å². The van der Waals surface area contributed by atoms with E-state index in [4.69, 9.17) is 38.0 Å². The van der Waals surface area contributed by atoms with Crippen molar-refractivity contribution < 1.29 is 42.8 Å². The van der Waals surface area contributed by atoms with Crippen LogP contribution in [0.3, 0.4) is 0 Å². The molecule has 2 atom stereocenters. The fourth-order valence-corrected chi connectivity index (χ4v) is 6.78. The molecule has 12 nitrogen and oxygen atoms in total. The van der Waals surface area contributed by atoms with E-state index in [1.165, 1.54) is 0 Å². The molecule has 0 aromatic heterocycles. The highest BCUT2D eigenvalue weighted by molar-refractivity contribution is 6.03. The lowest BCUT2D eigenvalue weighted by atomic mass is 9.99. The van der Waals surface area contributed by atoms with Crippen molar-refractivity contribution in [2.75, 3.05) is 54.1 Å². The zero-order valence-electron chi connectivity index (χ0n) is 32.5. The third-order valence-electron chi connectivity index (χ3n) is 9.80. The number of anilines is 1. The van der Waals surface area contributed by atoms with Gasteiger partial charge in [0.25, 0.3) is 5.91 Å². The quantitative estimate of drug-likeness (QED) is 0.0900. The van der Waals surface area contributed by atoms with Crippen LogP contribution in [0.2, 0.25) is 0 Å². The van der Waals surface area contributed by atoms with Gasteiger partial charge in [0.05, 0.1) is 60.0 Å². The van der Waals surface area contributed by atoms with Crippen LogP contribution in [0.4, 0.5) is 5.69 Å². The van der Waals surface area contributed by atoms with Gasteiger partial charge in [0, 0.05) is 17.7 Å². The molecule has 0 aliphatic carbocycles. The smallest absolute Gasteiger partial charge is 0.255 e. The summed E-state index contributed by atoms with van der Waals surface area (Å²) in [4.78, 5) is 18.6. The maximum atomic E-state index is 12.7. The summed E-state index contributed by atoms with van der Waals surface area (Å²) in [5.74, 6) is 4.23. The molecular formula is C43H51N3O9. The molecule has 0 saturated heterocycles. The third-order valence-corrected chi connectivity index (χ3v) is 9.80. The van der Waals surface area contributed by atoms with Crippen molar-refractivity contribution in [3.8, 4) is 40.2 Å². The molecule has 0 saturated carbocycles. The zero-order chi connectivity index (χ0) is 38.7. The summed E-state index contributed by atoms with van der Waals surface area (Å²) in [5.41, 5.74) is 5.97. The number of hydrogen-bond donors (Lipinski definition) is 2. The Labute approximate surface area is 323 Å². The summed E-state index contributed by atoms with van der Waals surface area (Å²) in [6.45, 7) is 3.16. The number of nitrogens with one attached hydrogen (secondary N) is 2. The highest BCUT2D eigenvalue weighted by Crippen LogP contribution is 2.41. The molecule has 2 aliphatic heterocycles. The fourth-order valence-electron chi connectivity index (χ4n) is 6.78. The fraction of sp³-hybridized carbons (Fsp3) is 0.395. The monoisotopic (exact) mass is 753 g/mol.